The molecule has 0 unspecified atom stereocenters. The zero-order chi connectivity index (χ0) is 11.3. The van der Waals surface area contributed by atoms with Crippen molar-refractivity contribution in [3.63, 3.8) is 0 Å². The number of fused-ring (bicyclic) bond motifs is 3. The lowest BCUT2D eigenvalue weighted by Gasteiger charge is -2.08. The summed E-state index contributed by atoms with van der Waals surface area (Å²) in [6.07, 6.45) is 1.10. The van der Waals surface area contributed by atoms with E-state index in [1.165, 1.54) is 38.9 Å². The minimum absolute atomic E-state index is 1.10. The molecule has 0 aliphatic heterocycles. The Morgan fingerprint density at radius 3 is 2.50 bits per heavy atom. The first-order valence-electron chi connectivity index (χ1n) is 5.86. The van der Waals surface area contributed by atoms with Gasteiger partial charge in [-0.25, -0.2) is 0 Å². The third kappa shape index (κ3) is 1.23. The molecular weight excluding hydrogens is 192 g/mol. The molecule has 0 atom stereocenters. The fraction of sp³-hybridized carbons (Fsp3) is 0.250. The van der Waals surface area contributed by atoms with Gasteiger partial charge >= 0.3 is 0 Å². The Labute approximate surface area is 96.9 Å². The normalized spacial score (nSPS) is 12.4. The minimum atomic E-state index is 1.10. The molecular formula is C16H16. The van der Waals surface area contributed by atoms with Gasteiger partial charge in [-0.1, -0.05) is 35.9 Å². The molecule has 0 heterocycles. The van der Waals surface area contributed by atoms with E-state index in [9.17, 15) is 0 Å². The molecule has 0 N–H and O–H groups in total. The smallest absolute Gasteiger partial charge is 0.00132 e. The summed E-state index contributed by atoms with van der Waals surface area (Å²) in [5, 5.41) is 0. The van der Waals surface area contributed by atoms with Crippen LogP contribution < -0.4 is 0 Å². The second-order valence-electron chi connectivity index (χ2n) is 4.88. The standard InChI is InChI=1S/C16H16/c1-10-4-7-15-14(8-10)9-13-6-5-11(2)12(3)16(13)15/h4-8H,9H2,1-3H3. The van der Waals surface area contributed by atoms with Gasteiger partial charge < -0.3 is 0 Å². The van der Waals surface area contributed by atoms with Crippen LogP contribution in [-0.4, -0.2) is 0 Å². The Kier molecular flexibility index (Phi) is 1.94. The molecule has 3 rings (SSSR count). The third-order valence-electron chi connectivity index (χ3n) is 3.73. The Morgan fingerprint density at radius 1 is 0.875 bits per heavy atom. The van der Waals surface area contributed by atoms with E-state index in [2.05, 4.69) is 51.1 Å². The van der Waals surface area contributed by atoms with Crippen LogP contribution in [0.25, 0.3) is 11.1 Å². The van der Waals surface area contributed by atoms with E-state index in [-0.39, 0.29) is 0 Å². The van der Waals surface area contributed by atoms with Crippen LogP contribution in [0.2, 0.25) is 0 Å². The van der Waals surface area contributed by atoms with Gasteiger partial charge in [0.2, 0.25) is 0 Å². The highest BCUT2D eigenvalue weighted by Crippen LogP contribution is 2.39. The Bertz CT molecular complexity index is 577. The number of hydrogen-bond acceptors (Lipinski definition) is 0. The third-order valence-corrected chi connectivity index (χ3v) is 3.73. The van der Waals surface area contributed by atoms with Crippen molar-refractivity contribution in [2.24, 2.45) is 0 Å². The highest BCUT2D eigenvalue weighted by molar-refractivity contribution is 5.80. The molecule has 0 aromatic heterocycles. The quantitative estimate of drug-likeness (QED) is 0.520. The largest absolute Gasteiger partial charge is 0.0587 e. The van der Waals surface area contributed by atoms with Crippen molar-refractivity contribution in [2.75, 3.05) is 0 Å². The monoisotopic (exact) mass is 208 g/mol. The molecule has 0 spiro atoms. The molecule has 80 valence electrons. The van der Waals surface area contributed by atoms with E-state index in [1.807, 2.05) is 0 Å². The summed E-state index contributed by atoms with van der Waals surface area (Å²) in [5.41, 5.74) is 10.1. The van der Waals surface area contributed by atoms with Crippen molar-refractivity contribution < 1.29 is 0 Å². The van der Waals surface area contributed by atoms with Gasteiger partial charge in [0.1, 0.15) is 0 Å². The van der Waals surface area contributed by atoms with Crippen LogP contribution in [0.5, 0.6) is 0 Å². The lowest BCUT2D eigenvalue weighted by molar-refractivity contribution is 1.23. The van der Waals surface area contributed by atoms with Crippen molar-refractivity contribution in [2.45, 2.75) is 27.2 Å². The van der Waals surface area contributed by atoms with Gasteiger partial charge in [0.25, 0.3) is 0 Å². The number of aryl methyl sites for hydroxylation is 2. The second-order valence-corrected chi connectivity index (χ2v) is 4.88. The summed E-state index contributed by atoms with van der Waals surface area (Å²) in [5.74, 6) is 0. The summed E-state index contributed by atoms with van der Waals surface area (Å²) in [6.45, 7) is 6.60. The molecule has 0 saturated carbocycles. The van der Waals surface area contributed by atoms with Gasteiger partial charge in [0.05, 0.1) is 0 Å². The van der Waals surface area contributed by atoms with E-state index in [4.69, 9.17) is 0 Å². The summed E-state index contributed by atoms with van der Waals surface area (Å²) in [6, 6.07) is 11.3. The molecule has 2 aromatic carbocycles. The first-order valence-corrected chi connectivity index (χ1v) is 5.86. The highest BCUT2D eigenvalue weighted by atomic mass is 14.2. The van der Waals surface area contributed by atoms with Gasteiger partial charge in [-0.15, -0.1) is 0 Å². The number of rotatable bonds is 0. The highest BCUT2D eigenvalue weighted by Gasteiger charge is 2.20. The lowest BCUT2D eigenvalue weighted by Crippen LogP contribution is -1.87. The second kappa shape index (κ2) is 3.21. The average Bonchev–Trinajstić information content (AvgIpc) is 2.61. The van der Waals surface area contributed by atoms with Crippen LogP contribution in [0, 0.1) is 20.8 Å². The van der Waals surface area contributed by atoms with Crippen LogP contribution in [0.15, 0.2) is 30.3 Å². The van der Waals surface area contributed by atoms with Gasteiger partial charge in [-0.3, -0.25) is 0 Å². The first kappa shape index (κ1) is 9.65. The predicted molar refractivity (Wildman–Crippen MR) is 68.9 cm³/mol. The van der Waals surface area contributed by atoms with Crippen molar-refractivity contribution in [3.05, 3.63) is 58.1 Å². The van der Waals surface area contributed by atoms with Gasteiger partial charge in [0, 0.05) is 0 Å². The summed E-state index contributed by atoms with van der Waals surface area (Å²) >= 11 is 0. The zero-order valence-electron chi connectivity index (χ0n) is 10.1. The molecule has 0 fully saturated rings. The summed E-state index contributed by atoms with van der Waals surface area (Å²) in [7, 11) is 0. The summed E-state index contributed by atoms with van der Waals surface area (Å²) < 4.78 is 0. The molecule has 0 heteroatoms. The van der Waals surface area contributed by atoms with Crippen LogP contribution >= 0.6 is 0 Å². The average molecular weight is 208 g/mol. The zero-order valence-corrected chi connectivity index (χ0v) is 10.1. The maximum atomic E-state index is 2.32. The van der Waals surface area contributed by atoms with E-state index in [0.717, 1.165) is 6.42 Å². The fourth-order valence-corrected chi connectivity index (χ4v) is 2.71. The molecule has 1 aliphatic carbocycles. The number of benzene rings is 2. The van der Waals surface area contributed by atoms with Crippen molar-refractivity contribution in [1.29, 1.82) is 0 Å². The van der Waals surface area contributed by atoms with Crippen molar-refractivity contribution >= 4 is 0 Å². The molecule has 0 amide bonds. The Morgan fingerprint density at radius 2 is 1.69 bits per heavy atom. The first-order chi connectivity index (χ1) is 7.66. The van der Waals surface area contributed by atoms with Crippen molar-refractivity contribution in [3.8, 4) is 11.1 Å². The van der Waals surface area contributed by atoms with Crippen LogP contribution in [0.4, 0.5) is 0 Å². The minimum Gasteiger partial charge on any atom is -0.0587 e. The molecule has 0 nitrogen and oxygen atoms in total. The predicted octanol–water partition coefficient (Wildman–Crippen LogP) is 4.18. The maximum absolute atomic E-state index is 2.32. The Balaban J connectivity index is 2.32. The topological polar surface area (TPSA) is 0 Å². The van der Waals surface area contributed by atoms with Gasteiger partial charge in [-0.2, -0.15) is 0 Å². The number of hydrogen-bond donors (Lipinski definition) is 0. The molecule has 16 heavy (non-hydrogen) atoms. The van der Waals surface area contributed by atoms with E-state index in [0.29, 0.717) is 0 Å². The van der Waals surface area contributed by atoms with E-state index in [1.54, 1.807) is 0 Å². The fourth-order valence-electron chi connectivity index (χ4n) is 2.71. The van der Waals surface area contributed by atoms with Gasteiger partial charge in [-0.05, 0) is 60.6 Å². The van der Waals surface area contributed by atoms with Crippen LogP contribution in [-0.2, 0) is 6.42 Å². The molecule has 0 radical (unpaired) electrons. The molecule has 0 bridgehead atoms. The van der Waals surface area contributed by atoms with Crippen molar-refractivity contribution in [1.82, 2.24) is 0 Å². The lowest BCUT2D eigenvalue weighted by atomic mass is 9.96. The molecule has 2 aromatic rings. The van der Waals surface area contributed by atoms with Crippen LogP contribution in [0.3, 0.4) is 0 Å². The van der Waals surface area contributed by atoms with Crippen LogP contribution in [0.1, 0.15) is 27.8 Å². The van der Waals surface area contributed by atoms with E-state index < -0.39 is 0 Å². The maximum Gasteiger partial charge on any atom is -0.00132 e. The molecule has 1 aliphatic rings. The van der Waals surface area contributed by atoms with Gasteiger partial charge in [0.15, 0.2) is 0 Å². The summed E-state index contributed by atoms with van der Waals surface area (Å²) in [4.78, 5) is 0. The molecule has 0 saturated heterocycles. The van der Waals surface area contributed by atoms with E-state index >= 15 is 0 Å². The SMILES string of the molecule is Cc1ccc2c(c1)Cc1ccc(C)c(C)c1-2. The Hall–Kier alpha value is -1.56.